The topological polar surface area (TPSA) is 86.8 Å². The van der Waals surface area contributed by atoms with Crippen molar-refractivity contribution in [1.82, 2.24) is 10.2 Å². The van der Waals surface area contributed by atoms with E-state index in [0.717, 1.165) is 21.7 Å². The van der Waals surface area contributed by atoms with Crippen LogP contribution in [-0.2, 0) is 32.6 Å². The third-order valence-electron chi connectivity index (χ3n) is 5.71. The maximum atomic E-state index is 13.9. The summed E-state index contributed by atoms with van der Waals surface area (Å²) in [7, 11) is -3.91. The van der Waals surface area contributed by atoms with Crippen molar-refractivity contribution in [3.63, 3.8) is 0 Å². The first-order valence-electron chi connectivity index (χ1n) is 12.1. The summed E-state index contributed by atoms with van der Waals surface area (Å²) in [6.45, 7) is 3.25. The van der Waals surface area contributed by atoms with Gasteiger partial charge in [-0.1, -0.05) is 83.9 Å². The molecule has 2 amide bonds. The Morgan fingerprint density at radius 1 is 0.868 bits per heavy atom. The van der Waals surface area contributed by atoms with Crippen LogP contribution in [0.2, 0.25) is 10.0 Å². The second kappa shape index (κ2) is 13.1. The molecule has 0 fully saturated rings. The number of carbonyl (C=O) groups excluding carboxylic acids is 2. The smallest absolute Gasteiger partial charge is 0.244 e. The van der Waals surface area contributed by atoms with Crippen LogP contribution in [0.1, 0.15) is 25.0 Å². The van der Waals surface area contributed by atoms with Gasteiger partial charge in [-0.15, -0.1) is 0 Å². The monoisotopic (exact) mass is 575 g/mol. The van der Waals surface area contributed by atoms with Gasteiger partial charge in [0.2, 0.25) is 21.8 Å². The number of nitrogens with zero attached hydrogens (tertiary/aromatic N) is 2. The molecule has 0 aliphatic rings. The Kier molecular flexibility index (Phi) is 10.2. The van der Waals surface area contributed by atoms with E-state index >= 15 is 0 Å². The number of halogens is 2. The highest BCUT2D eigenvalue weighted by atomic mass is 35.5. The quantitative estimate of drug-likeness (QED) is 0.351. The third kappa shape index (κ3) is 8.48. The summed E-state index contributed by atoms with van der Waals surface area (Å²) in [5.41, 5.74) is 1.82. The zero-order valence-corrected chi connectivity index (χ0v) is 23.8. The van der Waals surface area contributed by atoms with Gasteiger partial charge in [0.15, 0.2) is 0 Å². The third-order valence-corrected chi connectivity index (χ3v) is 7.29. The average molecular weight is 577 g/mol. The van der Waals surface area contributed by atoms with Gasteiger partial charge in [0, 0.05) is 29.1 Å². The molecule has 3 aromatic rings. The van der Waals surface area contributed by atoms with E-state index < -0.39 is 28.5 Å². The van der Waals surface area contributed by atoms with Crippen molar-refractivity contribution in [2.45, 2.75) is 38.9 Å². The summed E-state index contributed by atoms with van der Waals surface area (Å²) >= 11 is 12.3. The fourth-order valence-electron chi connectivity index (χ4n) is 4.01. The van der Waals surface area contributed by atoms with Gasteiger partial charge in [0.05, 0.1) is 11.9 Å². The van der Waals surface area contributed by atoms with Gasteiger partial charge in [-0.2, -0.15) is 0 Å². The van der Waals surface area contributed by atoms with Crippen LogP contribution >= 0.6 is 23.2 Å². The van der Waals surface area contributed by atoms with Crippen LogP contribution in [0.5, 0.6) is 0 Å². The number of hydrogen-bond donors (Lipinski definition) is 1. The lowest BCUT2D eigenvalue weighted by Gasteiger charge is -2.34. The molecule has 10 heteroatoms. The molecular weight excluding hydrogens is 545 g/mol. The van der Waals surface area contributed by atoms with Gasteiger partial charge < -0.3 is 10.2 Å². The van der Waals surface area contributed by atoms with Gasteiger partial charge in [0.25, 0.3) is 0 Å². The van der Waals surface area contributed by atoms with E-state index in [9.17, 15) is 18.0 Å². The molecule has 7 nitrogen and oxygen atoms in total. The summed E-state index contributed by atoms with van der Waals surface area (Å²) in [5, 5.41) is 3.37. The number of anilines is 1. The van der Waals surface area contributed by atoms with Gasteiger partial charge >= 0.3 is 0 Å². The van der Waals surface area contributed by atoms with Gasteiger partial charge in [-0.25, -0.2) is 8.42 Å². The molecule has 0 bridgehead atoms. The minimum atomic E-state index is -3.91. The van der Waals surface area contributed by atoms with E-state index in [-0.39, 0.29) is 40.6 Å². The van der Waals surface area contributed by atoms with Crippen LogP contribution < -0.4 is 9.62 Å². The molecule has 1 atom stereocenters. The summed E-state index contributed by atoms with van der Waals surface area (Å²) < 4.78 is 26.6. The van der Waals surface area contributed by atoms with Crippen LogP contribution in [-0.4, -0.2) is 50.0 Å². The second-order valence-electron chi connectivity index (χ2n) is 9.27. The largest absolute Gasteiger partial charge is 0.352 e. The minimum Gasteiger partial charge on any atom is -0.352 e. The molecule has 3 rings (SSSR count). The Labute approximate surface area is 234 Å². The molecule has 0 saturated heterocycles. The molecule has 0 radical (unpaired) electrons. The van der Waals surface area contributed by atoms with Crippen LogP contribution in [0.4, 0.5) is 5.69 Å². The van der Waals surface area contributed by atoms with E-state index in [2.05, 4.69) is 5.32 Å². The van der Waals surface area contributed by atoms with Crippen molar-refractivity contribution in [2.75, 3.05) is 17.1 Å². The first kappa shape index (κ1) is 29.5. The van der Waals surface area contributed by atoms with Crippen molar-refractivity contribution >= 4 is 50.7 Å². The van der Waals surface area contributed by atoms with E-state index in [1.807, 2.05) is 74.5 Å². The standard InChI is InChI=1S/C28H31Cl2N3O4S/c1-20(2)31-28(35)26(14-21-10-6-4-7-11-21)32(18-22-12-8-5-9-13-22)27(34)19-33(38(3,36)37)25-16-23(29)15-24(30)17-25/h4-13,15-17,20,26H,14,18-19H2,1-3H3,(H,31,35)/t26-/m0/s1. The highest BCUT2D eigenvalue weighted by molar-refractivity contribution is 7.92. The van der Waals surface area contributed by atoms with E-state index in [4.69, 9.17) is 23.2 Å². The minimum absolute atomic E-state index is 0.108. The zero-order valence-electron chi connectivity index (χ0n) is 21.5. The Hall–Kier alpha value is -3.07. The molecule has 0 spiro atoms. The maximum absolute atomic E-state index is 13.9. The summed E-state index contributed by atoms with van der Waals surface area (Å²) in [6, 6.07) is 21.9. The number of rotatable bonds is 11. The van der Waals surface area contributed by atoms with Crippen LogP contribution in [0, 0.1) is 0 Å². The Morgan fingerprint density at radius 3 is 1.89 bits per heavy atom. The lowest BCUT2D eigenvalue weighted by molar-refractivity contribution is -0.140. The molecule has 0 unspecified atom stereocenters. The highest BCUT2D eigenvalue weighted by Crippen LogP contribution is 2.27. The number of carbonyl (C=O) groups is 2. The average Bonchev–Trinajstić information content (AvgIpc) is 2.84. The Balaban J connectivity index is 2.05. The van der Waals surface area contributed by atoms with Crippen molar-refractivity contribution in [2.24, 2.45) is 0 Å². The van der Waals surface area contributed by atoms with Crippen LogP contribution in [0.15, 0.2) is 78.9 Å². The fourth-order valence-corrected chi connectivity index (χ4v) is 5.36. The highest BCUT2D eigenvalue weighted by Gasteiger charge is 2.33. The molecule has 0 aliphatic heterocycles. The number of hydrogen-bond acceptors (Lipinski definition) is 4. The van der Waals surface area contributed by atoms with E-state index in [1.54, 1.807) is 0 Å². The SMILES string of the molecule is CC(C)NC(=O)[C@H](Cc1ccccc1)N(Cc1ccccc1)C(=O)CN(c1cc(Cl)cc(Cl)c1)S(C)(=O)=O. The van der Waals surface area contributed by atoms with E-state index in [1.165, 1.54) is 23.1 Å². The van der Waals surface area contributed by atoms with Gasteiger partial charge in [-0.05, 0) is 43.2 Å². The number of amides is 2. The summed E-state index contributed by atoms with van der Waals surface area (Å²) in [4.78, 5) is 28.8. The predicted octanol–water partition coefficient (Wildman–Crippen LogP) is 4.92. The lowest BCUT2D eigenvalue weighted by atomic mass is 10.0. The molecule has 3 aromatic carbocycles. The zero-order chi connectivity index (χ0) is 27.9. The normalized spacial score (nSPS) is 12.2. The second-order valence-corrected chi connectivity index (χ2v) is 12.1. The Bertz CT molecular complexity index is 1330. The number of nitrogens with one attached hydrogen (secondary N) is 1. The maximum Gasteiger partial charge on any atom is 0.244 e. The molecule has 0 heterocycles. The first-order valence-corrected chi connectivity index (χ1v) is 14.7. The number of benzene rings is 3. The molecule has 0 saturated carbocycles. The number of sulfonamides is 1. The molecule has 202 valence electrons. The molecule has 0 aromatic heterocycles. The van der Waals surface area contributed by atoms with Crippen molar-refractivity contribution in [3.05, 3.63) is 100 Å². The van der Waals surface area contributed by atoms with Crippen LogP contribution in [0.3, 0.4) is 0 Å². The molecule has 38 heavy (non-hydrogen) atoms. The first-order chi connectivity index (χ1) is 17.9. The molecule has 1 N–H and O–H groups in total. The fraction of sp³-hybridized carbons (Fsp3) is 0.286. The van der Waals surface area contributed by atoms with Gasteiger partial charge in [-0.3, -0.25) is 13.9 Å². The molecule has 0 aliphatic carbocycles. The Morgan fingerprint density at radius 2 is 1.39 bits per heavy atom. The lowest BCUT2D eigenvalue weighted by Crippen LogP contribution is -2.54. The molecular formula is C28H31Cl2N3O4S. The summed E-state index contributed by atoms with van der Waals surface area (Å²) in [6.07, 6.45) is 1.25. The van der Waals surface area contributed by atoms with Gasteiger partial charge in [0.1, 0.15) is 12.6 Å². The van der Waals surface area contributed by atoms with Crippen molar-refractivity contribution in [1.29, 1.82) is 0 Å². The predicted molar refractivity (Wildman–Crippen MR) is 153 cm³/mol. The van der Waals surface area contributed by atoms with Crippen molar-refractivity contribution < 1.29 is 18.0 Å². The van der Waals surface area contributed by atoms with Crippen molar-refractivity contribution in [3.8, 4) is 0 Å². The van der Waals surface area contributed by atoms with Crippen LogP contribution in [0.25, 0.3) is 0 Å². The van der Waals surface area contributed by atoms with E-state index in [0.29, 0.717) is 0 Å². The summed E-state index contributed by atoms with van der Waals surface area (Å²) in [5.74, 6) is -0.875.